The molecule has 0 atom stereocenters. The molecular formula is C22H26FN2+. The van der Waals surface area contributed by atoms with Gasteiger partial charge in [-0.05, 0) is 54.2 Å². The maximum atomic E-state index is 13.6. The zero-order valence-electron chi connectivity index (χ0n) is 15.8. The highest BCUT2D eigenvalue weighted by molar-refractivity contribution is 5.81. The lowest BCUT2D eigenvalue weighted by Gasteiger charge is -2.19. The highest BCUT2D eigenvalue weighted by Crippen LogP contribution is 2.33. The van der Waals surface area contributed by atoms with Gasteiger partial charge in [0, 0.05) is 12.0 Å². The van der Waals surface area contributed by atoms with Crippen LogP contribution >= 0.6 is 0 Å². The third kappa shape index (κ3) is 2.57. The van der Waals surface area contributed by atoms with Gasteiger partial charge in [0.25, 0.3) is 5.82 Å². The van der Waals surface area contributed by atoms with Crippen LogP contribution in [0.4, 0.5) is 4.39 Å². The van der Waals surface area contributed by atoms with Gasteiger partial charge >= 0.3 is 0 Å². The molecule has 1 aliphatic heterocycles. The molecule has 0 spiro atoms. The fourth-order valence-corrected chi connectivity index (χ4v) is 4.30. The second kappa shape index (κ2) is 5.42. The van der Waals surface area contributed by atoms with E-state index in [0.29, 0.717) is 0 Å². The summed E-state index contributed by atoms with van der Waals surface area (Å²) in [6, 6.07) is 9.66. The Morgan fingerprint density at radius 2 is 1.92 bits per heavy atom. The first-order chi connectivity index (χ1) is 11.8. The number of hydrogen-bond acceptors (Lipinski definition) is 0. The largest absolute Gasteiger partial charge is 0.289 e. The molecule has 2 heterocycles. The lowest BCUT2D eigenvalue weighted by Crippen LogP contribution is -2.33. The van der Waals surface area contributed by atoms with Crippen molar-refractivity contribution in [2.24, 2.45) is 12.5 Å². The SMILES string of the molecule is Cc1cc(F)ccc1-c1n(C)c2ccc(CC(C)(C)C)c3c2[n+]1CC3. The maximum Gasteiger partial charge on any atom is 0.289 e. The topological polar surface area (TPSA) is 8.81 Å². The molecule has 0 amide bonds. The maximum absolute atomic E-state index is 13.6. The molecule has 4 rings (SSSR count). The zero-order valence-corrected chi connectivity index (χ0v) is 15.8. The number of hydrogen-bond donors (Lipinski definition) is 0. The Morgan fingerprint density at radius 3 is 2.60 bits per heavy atom. The number of benzene rings is 2. The number of aromatic nitrogens is 2. The minimum atomic E-state index is -0.172. The van der Waals surface area contributed by atoms with Crippen LogP contribution < -0.4 is 4.57 Å². The van der Waals surface area contributed by atoms with Gasteiger partial charge in [-0.1, -0.05) is 26.8 Å². The van der Waals surface area contributed by atoms with Crippen LogP contribution in [0.3, 0.4) is 0 Å². The van der Waals surface area contributed by atoms with Gasteiger partial charge in [0.2, 0.25) is 0 Å². The summed E-state index contributed by atoms with van der Waals surface area (Å²) in [5.74, 6) is 1.01. The van der Waals surface area contributed by atoms with Crippen molar-refractivity contribution in [1.82, 2.24) is 4.57 Å². The van der Waals surface area contributed by atoms with E-state index in [9.17, 15) is 4.39 Å². The summed E-state index contributed by atoms with van der Waals surface area (Å²) < 4.78 is 18.2. The summed E-state index contributed by atoms with van der Waals surface area (Å²) in [4.78, 5) is 0. The molecule has 0 unspecified atom stereocenters. The molecule has 3 heteroatoms. The van der Waals surface area contributed by atoms with E-state index in [1.165, 1.54) is 28.0 Å². The van der Waals surface area contributed by atoms with E-state index in [1.807, 2.05) is 13.0 Å². The van der Waals surface area contributed by atoms with Gasteiger partial charge in [-0.15, -0.1) is 0 Å². The summed E-state index contributed by atoms with van der Waals surface area (Å²) >= 11 is 0. The van der Waals surface area contributed by atoms with E-state index in [0.717, 1.165) is 30.5 Å². The van der Waals surface area contributed by atoms with Crippen LogP contribution in [0.2, 0.25) is 0 Å². The second-order valence-electron chi connectivity index (χ2n) is 8.55. The molecule has 0 radical (unpaired) electrons. The van der Waals surface area contributed by atoms with Gasteiger partial charge in [-0.25, -0.2) is 13.5 Å². The van der Waals surface area contributed by atoms with Crippen molar-refractivity contribution >= 4 is 11.0 Å². The summed E-state index contributed by atoms with van der Waals surface area (Å²) in [5, 5.41) is 0. The van der Waals surface area contributed by atoms with Gasteiger partial charge in [-0.3, -0.25) is 0 Å². The number of nitrogens with zero attached hydrogens (tertiary/aromatic N) is 2. The van der Waals surface area contributed by atoms with Crippen LogP contribution in [-0.2, 0) is 26.4 Å². The molecule has 0 aliphatic carbocycles. The van der Waals surface area contributed by atoms with Crippen molar-refractivity contribution in [2.75, 3.05) is 0 Å². The number of rotatable bonds is 2. The predicted octanol–water partition coefficient (Wildman–Crippen LogP) is 4.73. The molecule has 0 N–H and O–H groups in total. The standard InChI is InChI=1S/C22H26FN2/c1-14-12-16(23)7-8-17(14)21-24(5)19-9-6-15(13-22(2,3)4)18-10-11-25(21)20(18)19/h6-9,12H,10-11,13H2,1-5H3/q+1. The van der Waals surface area contributed by atoms with Crippen LogP contribution in [0.5, 0.6) is 0 Å². The van der Waals surface area contributed by atoms with Crippen molar-refractivity contribution in [2.45, 2.75) is 47.1 Å². The van der Waals surface area contributed by atoms with Gasteiger partial charge in [0.15, 0.2) is 11.0 Å². The summed E-state index contributed by atoms with van der Waals surface area (Å²) in [6.45, 7) is 9.88. The predicted molar refractivity (Wildman–Crippen MR) is 100 cm³/mol. The minimum absolute atomic E-state index is 0.172. The van der Waals surface area contributed by atoms with Crippen LogP contribution in [0, 0.1) is 18.2 Å². The Labute approximate surface area is 148 Å². The first kappa shape index (κ1) is 16.3. The Kier molecular flexibility index (Phi) is 3.54. The molecule has 1 aliphatic rings. The van der Waals surface area contributed by atoms with Crippen LogP contribution in [0.15, 0.2) is 30.3 Å². The smallest absolute Gasteiger partial charge is 0.226 e. The van der Waals surface area contributed by atoms with Crippen molar-refractivity contribution in [3.05, 3.63) is 52.8 Å². The lowest BCUT2D eigenvalue weighted by molar-refractivity contribution is -0.653. The van der Waals surface area contributed by atoms with Crippen molar-refractivity contribution in [3.63, 3.8) is 0 Å². The summed E-state index contributed by atoms with van der Waals surface area (Å²) in [6.07, 6.45) is 2.18. The van der Waals surface area contributed by atoms with Crippen molar-refractivity contribution in [3.8, 4) is 11.4 Å². The van der Waals surface area contributed by atoms with Crippen LogP contribution in [-0.4, -0.2) is 4.57 Å². The molecule has 0 saturated heterocycles. The van der Waals surface area contributed by atoms with E-state index in [1.54, 1.807) is 12.1 Å². The fourth-order valence-electron chi connectivity index (χ4n) is 4.30. The lowest BCUT2D eigenvalue weighted by atomic mass is 9.85. The Morgan fingerprint density at radius 1 is 1.16 bits per heavy atom. The first-order valence-electron chi connectivity index (χ1n) is 9.06. The van der Waals surface area contributed by atoms with E-state index in [-0.39, 0.29) is 11.2 Å². The second-order valence-corrected chi connectivity index (χ2v) is 8.55. The van der Waals surface area contributed by atoms with Crippen molar-refractivity contribution in [1.29, 1.82) is 0 Å². The number of aryl methyl sites for hydroxylation is 4. The monoisotopic (exact) mass is 337 g/mol. The molecule has 3 aromatic rings. The Bertz CT molecular complexity index is 990. The molecule has 130 valence electrons. The van der Waals surface area contributed by atoms with E-state index in [2.05, 4.69) is 49.1 Å². The van der Waals surface area contributed by atoms with Gasteiger partial charge < -0.3 is 0 Å². The van der Waals surface area contributed by atoms with Crippen molar-refractivity contribution < 1.29 is 8.96 Å². The first-order valence-corrected chi connectivity index (χ1v) is 9.06. The van der Waals surface area contributed by atoms with Crippen LogP contribution in [0.1, 0.15) is 37.5 Å². The molecule has 25 heavy (non-hydrogen) atoms. The molecule has 0 fully saturated rings. The van der Waals surface area contributed by atoms with Crippen LogP contribution in [0.25, 0.3) is 22.4 Å². The Balaban J connectivity index is 1.96. The van der Waals surface area contributed by atoms with Gasteiger partial charge in [0.1, 0.15) is 5.82 Å². The van der Waals surface area contributed by atoms with E-state index >= 15 is 0 Å². The molecule has 0 bridgehead atoms. The minimum Gasteiger partial charge on any atom is -0.226 e. The highest BCUT2D eigenvalue weighted by atomic mass is 19.1. The quantitative estimate of drug-likeness (QED) is 0.598. The normalized spacial score (nSPS) is 13.8. The Hall–Kier alpha value is -2.16. The van der Waals surface area contributed by atoms with Gasteiger partial charge in [0.05, 0.1) is 19.2 Å². The van der Waals surface area contributed by atoms with Gasteiger partial charge in [-0.2, -0.15) is 0 Å². The molecule has 2 nitrogen and oxygen atoms in total. The molecule has 1 aromatic heterocycles. The summed E-state index contributed by atoms with van der Waals surface area (Å²) in [5.41, 5.74) is 7.98. The zero-order chi connectivity index (χ0) is 17.9. The van der Waals surface area contributed by atoms with E-state index in [4.69, 9.17) is 0 Å². The molecule has 2 aromatic carbocycles. The third-order valence-corrected chi connectivity index (χ3v) is 5.30. The average molecular weight is 337 g/mol. The van der Waals surface area contributed by atoms with E-state index < -0.39 is 0 Å². The summed E-state index contributed by atoms with van der Waals surface area (Å²) in [7, 11) is 2.12. The fraction of sp³-hybridized carbons (Fsp3) is 0.409. The highest BCUT2D eigenvalue weighted by Gasteiger charge is 2.33. The molecule has 0 saturated carbocycles. The number of halogens is 1. The molecular weight excluding hydrogens is 311 g/mol. The average Bonchev–Trinajstić information content (AvgIpc) is 3.04. The third-order valence-electron chi connectivity index (χ3n) is 5.30. The number of imidazole rings is 1.